The van der Waals surface area contributed by atoms with Crippen molar-refractivity contribution >= 4 is 5.97 Å². The van der Waals surface area contributed by atoms with Gasteiger partial charge in [0.15, 0.2) is 11.6 Å². The maximum atomic E-state index is 14.3. The monoisotopic (exact) mass is 354 g/mol. The number of carbonyl (C=O) groups is 1. The second kappa shape index (κ2) is 7.73. The van der Waals surface area contributed by atoms with Crippen molar-refractivity contribution in [2.75, 3.05) is 0 Å². The van der Waals surface area contributed by atoms with Crippen LogP contribution in [0.15, 0.2) is 60.7 Å². The lowest BCUT2D eigenvalue weighted by atomic mass is 9.80. The number of rotatable bonds is 5. The summed E-state index contributed by atoms with van der Waals surface area (Å²) in [5.41, 5.74) is 0.563. The van der Waals surface area contributed by atoms with Gasteiger partial charge in [0.2, 0.25) is 0 Å². The topological polar surface area (TPSA) is 35.5 Å². The van der Waals surface area contributed by atoms with Crippen LogP contribution in [-0.4, -0.2) is 11.6 Å². The molecule has 0 unspecified atom stereocenters. The van der Waals surface area contributed by atoms with Crippen molar-refractivity contribution in [3.63, 3.8) is 0 Å². The standard InChI is InChI=1S/C22H23FO3/c1-16(2)22(13-7-4-8-14-22)26-20-15-17(11-12-19(20)23)21(24)25-18-9-5-3-6-10-18/h3,5-6,9-12,15H,1,4,7-8,13-14H2,2H3. The zero-order chi connectivity index (χ0) is 18.6. The number of halogens is 1. The predicted octanol–water partition coefficient (Wildman–Crippen LogP) is 5.70. The van der Waals surface area contributed by atoms with Gasteiger partial charge in [-0.1, -0.05) is 31.2 Å². The minimum Gasteiger partial charge on any atom is -0.480 e. The van der Waals surface area contributed by atoms with E-state index in [0.717, 1.165) is 37.7 Å². The number of ether oxygens (including phenoxy) is 2. The summed E-state index contributed by atoms with van der Waals surface area (Å²) in [4.78, 5) is 12.4. The Balaban J connectivity index is 1.83. The van der Waals surface area contributed by atoms with E-state index in [1.54, 1.807) is 24.3 Å². The van der Waals surface area contributed by atoms with E-state index in [1.165, 1.54) is 18.2 Å². The Labute approximate surface area is 153 Å². The van der Waals surface area contributed by atoms with E-state index in [1.807, 2.05) is 13.0 Å². The van der Waals surface area contributed by atoms with Gasteiger partial charge in [0.25, 0.3) is 0 Å². The van der Waals surface area contributed by atoms with Crippen LogP contribution in [0.25, 0.3) is 0 Å². The normalized spacial score (nSPS) is 15.9. The van der Waals surface area contributed by atoms with Gasteiger partial charge < -0.3 is 9.47 Å². The van der Waals surface area contributed by atoms with E-state index < -0.39 is 17.4 Å². The van der Waals surface area contributed by atoms with Crippen LogP contribution in [0.3, 0.4) is 0 Å². The zero-order valence-corrected chi connectivity index (χ0v) is 15.0. The maximum Gasteiger partial charge on any atom is 0.343 e. The summed E-state index contributed by atoms with van der Waals surface area (Å²) in [7, 11) is 0. The minimum atomic E-state index is -0.568. The van der Waals surface area contributed by atoms with E-state index in [2.05, 4.69) is 6.58 Å². The summed E-state index contributed by atoms with van der Waals surface area (Å²) in [5, 5.41) is 0. The molecule has 26 heavy (non-hydrogen) atoms. The highest BCUT2D eigenvalue weighted by molar-refractivity contribution is 5.91. The summed E-state index contributed by atoms with van der Waals surface area (Å²) < 4.78 is 25.8. The quantitative estimate of drug-likeness (QED) is 0.392. The summed E-state index contributed by atoms with van der Waals surface area (Å²) in [6, 6.07) is 12.8. The van der Waals surface area contributed by atoms with Crippen LogP contribution in [0.2, 0.25) is 0 Å². The first-order valence-electron chi connectivity index (χ1n) is 8.92. The van der Waals surface area contributed by atoms with Crippen molar-refractivity contribution in [2.24, 2.45) is 0 Å². The Morgan fingerprint density at radius 1 is 1.08 bits per heavy atom. The van der Waals surface area contributed by atoms with Crippen LogP contribution in [0, 0.1) is 5.82 Å². The summed E-state index contributed by atoms with van der Waals surface area (Å²) in [6.07, 6.45) is 4.79. The van der Waals surface area contributed by atoms with Crippen molar-refractivity contribution in [2.45, 2.75) is 44.6 Å². The third-order valence-electron chi connectivity index (χ3n) is 4.87. The van der Waals surface area contributed by atoms with Crippen LogP contribution < -0.4 is 9.47 Å². The zero-order valence-electron chi connectivity index (χ0n) is 15.0. The van der Waals surface area contributed by atoms with Gasteiger partial charge in [0.05, 0.1) is 5.56 Å². The Morgan fingerprint density at radius 2 is 1.77 bits per heavy atom. The van der Waals surface area contributed by atoms with Gasteiger partial charge >= 0.3 is 5.97 Å². The fourth-order valence-electron chi connectivity index (χ4n) is 3.31. The molecular formula is C22H23FO3. The lowest BCUT2D eigenvalue weighted by molar-refractivity contribution is 0.0611. The molecule has 0 saturated heterocycles. The molecule has 1 fully saturated rings. The highest BCUT2D eigenvalue weighted by Crippen LogP contribution is 2.38. The second-order valence-corrected chi connectivity index (χ2v) is 6.79. The van der Waals surface area contributed by atoms with Crippen LogP contribution in [-0.2, 0) is 0 Å². The maximum absolute atomic E-state index is 14.3. The molecule has 0 radical (unpaired) electrons. The minimum absolute atomic E-state index is 0.0670. The van der Waals surface area contributed by atoms with Crippen molar-refractivity contribution in [3.05, 3.63) is 72.1 Å². The first-order valence-corrected chi connectivity index (χ1v) is 8.92. The lowest BCUT2D eigenvalue weighted by Gasteiger charge is -2.38. The van der Waals surface area contributed by atoms with Gasteiger partial charge in [-0.2, -0.15) is 0 Å². The molecule has 0 heterocycles. The molecule has 0 amide bonds. The Kier molecular flexibility index (Phi) is 5.40. The summed E-state index contributed by atoms with van der Waals surface area (Å²) >= 11 is 0. The molecule has 2 aromatic carbocycles. The fourth-order valence-corrected chi connectivity index (χ4v) is 3.31. The summed E-state index contributed by atoms with van der Waals surface area (Å²) in [6.45, 7) is 5.96. The molecule has 0 aliphatic heterocycles. The molecule has 3 rings (SSSR count). The molecule has 0 bridgehead atoms. The average molecular weight is 354 g/mol. The molecule has 1 saturated carbocycles. The van der Waals surface area contributed by atoms with Crippen LogP contribution in [0.4, 0.5) is 4.39 Å². The van der Waals surface area contributed by atoms with Crippen molar-refractivity contribution in [3.8, 4) is 11.5 Å². The van der Waals surface area contributed by atoms with E-state index in [0.29, 0.717) is 5.75 Å². The smallest absolute Gasteiger partial charge is 0.343 e. The molecular weight excluding hydrogens is 331 g/mol. The molecule has 0 spiro atoms. The molecule has 1 aliphatic rings. The van der Waals surface area contributed by atoms with Gasteiger partial charge in [-0.25, -0.2) is 9.18 Å². The first-order chi connectivity index (χ1) is 12.5. The van der Waals surface area contributed by atoms with Crippen LogP contribution >= 0.6 is 0 Å². The highest BCUT2D eigenvalue weighted by atomic mass is 19.1. The van der Waals surface area contributed by atoms with E-state index in [-0.39, 0.29) is 11.3 Å². The third-order valence-corrected chi connectivity index (χ3v) is 4.87. The van der Waals surface area contributed by atoms with Gasteiger partial charge in [0, 0.05) is 0 Å². The van der Waals surface area contributed by atoms with E-state index in [4.69, 9.17) is 9.47 Å². The van der Waals surface area contributed by atoms with Crippen molar-refractivity contribution in [1.29, 1.82) is 0 Å². The number of para-hydroxylation sites is 1. The Morgan fingerprint density at radius 3 is 2.42 bits per heavy atom. The molecule has 4 heteroatoms. The van der Waals surface area contributed by atoms with E-state index in [9.17, 15) is 9.18 Å². The number of carbonyl (C=O) groups excluding carboxylic acids is 1. The lowest BCUT2D eigenvalue weighted by Crippen LogP contribution is -2.39. The largest absolute Gasteiger partial charge is 0.480 e. The summed E-state index contributed by atoms with van der Waals surface area (Å²) in [5.74, 6) is -0.533. The number of benzene rings is 2. The van der Waals surface area contributed by atoms with Gasteiger partial charge in [-0.3, -0.25) is 0 Å². The highest BCUT2D eigenvalue weighted by Gasteiger charge is 2.36. The van der Waals surface area contributed by atoms with Crippen LogP contribution in [0.5, 0.6) is 11.5 Å². The Bertz CT molecular complexity index is 792. The fraction of sp³-hybridized carbons (Fsp3) is 0.318. The van der Waals surface area contributed by atoms with Gasteiger partial charge in [-0.05, 0) is 68.5 Å². The first kappa shape index (κ1) is 18.2. The molecule has 0 atom stereocenters. The molecule has 0 aromatic heterocycles. The molecule has 0 N–H and O–H groups in total. The average Bonchev–Trinajstić information content (AvgIpc) is 2.65. The molecule has 1 aliphatic carbocycles. The Hall–Kier alpha value is -2.62. The number of hydrogen-bond acceptors (Lipinski definition) is 3. The molecule has 3 nitrogen and oxygen atoms in total. The van der Waals surface area contributed by atoms with Crippen LogP contribution in [0.1, 0.15) is 49.4 Å². The molecule has 136 valence electrons. The molecule has 2 aromatic rings. The van der Waals surface area contributed by atoms with Crippen molar-refractivity contribution < 1.29 is 18.7 Å². The number of hydrogen-bond donors (Lipinski definition) is 0. The number of esters is 1. The predicted molar refractivity (Wildman–Crippen MR) is 99.1 cm³/mol. The third kappa shape index (κ3) is 3.96. The van der Waals surface area contributed by atoms with Gasteiger partial charge in [-0.15, -0.1) is 0 Å². The van der Waals surface area contributed by atoms with E-state index >= 15 is 0 Å². The SMILES string of the molecule is C=C(C)C1(Oc2cc(C(=O)Oc3ccccc3)ccc2F)CCCCC1. The second-order valence-electron chi connectivity index (χ2n) is 6.79. The van der Waals surface area contributed by atoms with Crippen molar-refractivity contribution in [1.82, 2.24) is 0 Å². The van der Waals surface area contributed by atoms with Gasteiger partial charge in [0.1, 0.15) is 11.4 Å².